The second kappa shape index (κ2) is 9.34. The predicted octanol–water partition coefficient (Wildman–Crippen LogP) is 3.69. The highest BCUT2D eigenvalue weighted by Crippen LogP contribution is 2.30. The summed E-state index contributed by atoms with van der Waals surface area (Å²) in [5, 5.41) is 9.76. The SMILES string of the molecule is Cc1ccc(S(=O)(=O)OCCn2ccc3ccc(-c4nnc(N5CCN6CCC5CC6)o4)cc32)cc1. The van der Waals surface area contributed by atoms with Gasteiger partial charge in [-0.15, -0.1) is 5.10 Å². The van der Waals surface area contributed by atoms with Crippen LogP contribution < -0.4 is 4.90 Å². The van der Waals surface area contributed by atoms with Crippen LogP contribution >= 0.6 is 0 Å². The zero-order valence-electron chi connectivity index (χ0n) is 20.2. The monoisotopic (exact) mass is 507 g/mol. The van der Waals surface area contributed by atoms with Crippen LogP contribution in [0.25, 0.3) is 22.4 Å². The van der Waals surface area contributed by atoms with Crippen molar-refractivity contribution in [2.45, 2.75) is 37.2 Å². The smallest absolute Gasteiger partial charge is 0.318 e. The van der Waals surface area contributed by atoms with E-state index in [4.69, 9.17) is 8.60 Å². The first-order chi connectivity index (χ1) is 17.5. The maximum absolute atomic E-state index is 12.5. The van der Waals surface area contributed by atoms with E-state index in [1.165, 1.54) is 0 Å². The molecule has 0 radical (unpaired) electrons. The summed E-state index contributed by atoms with van der Waals surface area (Å²) >= 11 is 0. The Morgan fingerprint density at radius 2 is 1.81 bits per heavy atom. The molecule has 2 bridgehead atoms. The Morgan fingerprint density at radius 1 is 1.00 bits per heavy atom. The van der Waals surface area contributed by atoms with Crippen molar-refractivity contribution in [3.63, 3.8) is 0 Å². The van der Waals surface area contributed by atoms with Crippen molar-refractivity contribution in [2.75, 3.05) is 37.7 Å². The molecule has 0 spiro atoms. The van der Waals surface area contributed by atoms with E-state index in [1.54, 1.807) is 24.3 Å². The Bertz CT molecular complexity index is 1470. The van der Waals surface area contributed by atoms with E-state index < -0.39 is 10.1 Å². The normalized spacial score (nSPS) is 20.2. The minimum Gasteiger partial charge on any atom is -0.403 e. The molecule has 36 heavy (non-hydrogen) atoms. The minimum atomic E-state index is -3.80. The summed E-state index contributed by atoms with van der Waals surface area (Å²) < 4.78 is 38.4. The quantitative estimate of drug-likeness (QED) is 0.350. The number of fused-ring (bicyclic) bond motifs is 5. The molecule has 7 rings (SSSR count). The first-order valence-electron chi connectivity index (χ1n) is 12.3. The molecule has 0 atom stereocenters. The first-order valence-corrected chi connectivity index (χ1v) is 13.7. The fraction of sp³-hybridized carbons (Fsp3) is 0.385. The van der Waals surface area contributed by atoms with Gasteiger partial charge in [-0.2, -0.15) is 8.42 Å². The van der Waals surface area contributed by atoms with Crippen LogP contribution in [0, 0.1) is 6.92 Å². The van der Waals surface area contributed by atoms with Gasteiger partial charge in [-0.1, -0.05) is 28.9 Å². The van der Waals surface area contributed by atoms with Gasteiger partial charge in [0.1, 0.15) is 0 Å². The van der Waals surface area contributed by atoms with Crippen LogP contribution in [-0.4, -0.2) is 66.9 Å². The highest BCUT2D eigenvalue weighted by molar-refractivity contribution is 7.86. The van der Waals surface area contributed by atoms with Crippen molar-refractivity contribution >= 4 is 27.0 Å². The van der Waals surface area contributed by atoms with Crippen LogP contribution in [0.5, 0.6) is 0 Å². The predicted molar refractivity (Wildman–Crippen MR) is 136 cm³/mol. The van der Waals surface area contributed by atoms with Crippen molar-refractivity contribution in [1.82, 2.24) is 19.7 Å². The Morgan fingerprint density at radius 3 is 2.61 bits per heavy atom. The minimum absolute atomic E-state index is 0.0300. The zero-order chi connectivity index (χ0) is 24.7. The molecular formula is C26H29N5O4S. The molecule has 0 amide bonds. The van der Waals surface area contributed by atoms with Crippen molar-refractivity contribution in [2.24, 2.45) is 0 Å². The van der Waals surface area contributed by atoms with Gasteiger partial charge in [-0.05, 0) is 55.5 Å². The lowest BCUT2D eigenvalue weighted by atomic mass is 10.1. The molecule has 3 aliphatic heterocycles. The summed E-state index contributed by atoms with van der Waals surface area (Å²) in [4.78, 5) is 4.91. The van der Waals surface area contributed by atoms with Crippen LogP contribution in [0.15, 0.2) is 64.0 Å². The first kappa shape index (κ1) is 23.2. The number of aromatic nitrogens is 3. The summed E-state index contributed by atoms with van der Waals surface area (Å²) in [6, 6.07) is 15.7. The topological polar surface area (TPSA) is 93.7 Å². The van der Waals surface area contributed by atoms with Gasteiger partial charge >= 0.3 is 6.01 Å². The van der Waals surface area contributed by atoms with Crippen LogP contribution in [0.4, 0.5) is 6.01 Å². The van der Waals surface area contributed by atoms with E-state index in [1.807, 2.05) is 42.0 Å². The number of hydrogen-bond donors (Lipinski definition) is 0. The van der Waals surface area contributed by atoms with Crippen molar-refractivity contribution in [3.8, 4) is 11.5 Å². The number of hydrogen-bond acceptors (Lipinski definition) is 8. The molecule has 0 saturated carbocycles. The number of aryl methyl sites for hydroxylation is 1. The second-order valence-electron chi connectivity index (χ2n) is 9.53. The van der Waals surface area contributed by atoms with Crippen LogP contribution in [0.3, 0.4) is 0 Å². The van der Waals surface area contributed by atoms with Gasteiger partial charge in [-0.3, -0.25) is 4.18 Å². The van der Waals surface area contributed by atoms with Gasteiger partial charge in [0, 0.05) is 56.0 Å². The Hall–Kier alpha value is -3.21. The van der Waals surface area contributed by atoms with Crippen molar-refractivity contribution in [3.05, 3.63) is 60.3 Å². The fourth-order valence-electron chi connectivity index (χ4n) is 5.12. The number of rotatable bonds is 7. The third-order valence-corrected chi connectivity index (χ3v) is 8.54. The van der Waals surface area contributed by atoms with Gasteiger partial charge in [0.05, 0.1) is 11.5 Å². The molecular weight excluding hydrogens is 478 g/mol. The molecule has 3 fully saturated rings. The van der Waals surface area contributed by atoms with Gasteiger partial charge in [0.25, 0.3) is 10.1 Å². The number of benzene rings is 2. The average molecular weight is 508 g/mol. The summed E-state index contributed by atoms with van der Waals surface area (Å²) in [5.41, 5.74) is 2.77. The summed E-state index contributed by atoms with van der Waals surface area (Å²) in [6.45, 7) is 6.52. The van der Waals surface area contributed by atoms with Gasteiger partial charge in [-0.25, -0.2) is 0 Å². The van der Waals surface area contributed by atoms with Gasteiger partial charge < -0.3 is 18.8 Å². The maximum atomic E-state index is 12.5. The van der Waals surface area contributed by atoms with E-state index in [9.17, 15) is 8.42 Å². The lowest BCUT2D eigenvalue weighted by Crippen LogP contribution is -2.38. The molecule has 0 N–H and O–H groups in total. The molecule has 0 unspecified atom stereocenters. The van der Waals surface area contributed by atoms with Crippen LogP contribution in [0.1, 0.15) is 18.4 Å². The molecule has 2 aromatic heterocycles. The lowest BCUT2D eigenvalue weighted by molar-refractivity contribution is 0.249. The molecule has 3 aliphatic rings. The van der Waals surface area contributed by atoms with E-state index in [0.717, 1.165) is 61.1 Å². The highest BCUT2D eigenvalue weighted by Gasteiger charge is 2.32. The molecule has 2 aromatic carbocycles. The number of piperidine rings is 1. The molecule has 3 saturated heterocycles. The van der Waals surface area contributed by atoms with E-state index in [-0.39, 0.29) is 11.5 Å². The molecule has 0 aliphatic carbocycles. The summed E-state index contributed by atoms with van der Waals surface area (Å²) in [7, 11) is -3.80. The Kier molecular flexibility index (Phi) is 6.02. The van der Waals surface area contributed by atoms with Crippen molar-refractivity contribution < 1.29 is 17.0 Å². The van der Waals surface area contributed by atoms with E-state index >= 15 is 0 Å². The van der Waals surface area contributed by atoms with E-state index in [0.29, 0.717) is 24.5 Å². The third kappa shape index (κ3) is 4.52. The lowest BCUT2D eigenvalue weighted by Gasteiger charge is -2.29. The molecule has 5 heterocycles. The number of anilines is 1. The highest BCUT2D eigenvalue weighted by atomic mass is 32.2. The Labute approximate surface area is 210 Å². The largest absolute Gasteiger partial charge is 0.403 e. The van der Waals surface area contributed by atoms with Gasteiger partial charge in [0.15, 0.2) is 0 Å². The average Bonchev–Trinajstić information content (AvgIpc) is 3.42. The molecule has 4 aromatic rings. The molecule has 9 nitrogen and oxygen atoms in total. The maximum Gasteiger partial charge on any atom is 0.318 e. The third-order valence-electron chi connectivity index (χ3n) is 7.22. The standard InChI is InChI=1S/C26H29N5O4S/c1-19-2-6-23(7-3-19)36(32,33)34-17-16-30-13-8-20-4-5-21(18-24(20)30)25-27-28-26(35-25)31-15-14-29-11-9-22(31)10-12-29/h2-8,13,18,22H,9-12,14-17H2,1H3. The fourth-order valence-corrected chi connectivity index (χ4v) is 6.02. The van der Waals surface area contributed by atoms with Crippen LogP contribution in [0.2, 0.25) is 0 Å². The number of nitrogens with zero attached hydrogens (tertiary/aromatic N) is 5. The molecule has 188 valence electrons. The summed E-state index contributed by atoms with van der Waals surface area (Å²) in [6.07, 6.45) is 4.18. The zero-order valence-corrected chi connectivity index (χ0v) is 21.0. The second-order valence-corrected chi connectivity index (χ2v) is 11.1. The van der Waals surface area contributed by atoms with Gasteiger partial charge in [0.2, 0.25) is 5.89 Å². The molecule has 10 heteroatoms. The summed E-state index contributed by atoms with van der Waals surface area (Å²) in [5.74, 6) is 0.483. The Balaban J connectivity index is 1.18. The van der Waals surface area contributed by atoms with Crippen molar-refractivity contribution in [1.29, 1.82) is 0 Å². The van der Waals surface area contributed by atoms with E-state index in [2.05, 4.69) is 20.0 Å². The van der Waals surface area contributed by atoms with Crippen LogP contribution in [-0.2, 0) is 20.8 Å².